The number of hydrogen-bond donors (Lipinski definition) is 2. The molecule has 0 bridgehead atoms. The summed E-state index contributed by atoms with van der Waals surface area (Å²) in [6.45, 7) is 6.21. The zero-order valence-corrected chi connectivity index (χ0v) is 8.15. The maximum Gasteiger partial charge on any atom is 0.218 e. The van der Waals surface area contributed by atoms with E-state index in [0.29, 0.717) is 13.0 Å². The normalized spacial score (nSPS) is 12.5. The van der Waals surface area contributed by atoms with Gasteiger partial charge < -0.3 is 11.1 Å². The van der Waals surface area contributed by atoms with Crippen LogP contribution in [0.25, 0.3) is 0 Å². The lowest BCUT2D eigenvalue weighted by atomic mass is 10.2. The highest BCUT2D eigenvalue weighted by atomic mass is 79.9. The molecule has 0 fully saturated rings. The topological polar surface area (TPSA) is 55.1 Å². The third-order valence-electron chi connectivity index (χ3n) is 1.15. The number of amides is 1. The average molecular weight is 221 g/mol. The van der Waals surface area contributed by atoms with Crippen molar-refractivity contribution in [1.29, 1.82) is 0 Å². The van der Waals surface area contributed by atoms with Crippen molar-refractivity contribution in [3.63, 3.8) is 0 Å². The Morgan fingerprint density at radius 2 is 2.36 bits per heavy atom. The van der Waals surface area contributed by atoms with E-state index in [1.54, 1.807) is 0 Å². The lowest BCUT2D eigenvalue weighted by Gasteiger charge is -2.10. The van der Waals surface area contributed by atoms with Crippen LogP contribution in [0.15, 0.2) is 11.1 Å². The third kappa shape index (κ3) is 7.55. The average Bonchev–Trinajstić information content (AvgIpc) is 1.82. The lowest BCUT2D eigenvalue weighted by molar-refractivity contribution is -0.118. The molecular formula is C7H13BrN2O. The smallest absolute Gasteiger partial charge is 0.218 e. The number of primary amides is 1. The molecule has 1 atom stereocenters. The van der Waals surface area contributed by atoms with Gasteiger partial charge in [0.15, 0.2) is 0 Å². The maximum absolute atomic E-state index is 10.4. The van der Waals surface area contributed by atoms with E-state index in [9.17, 15) is 4.79 Å². The molecule has 0 saturated heterocycles. The second-order valence-electron chi connectivity index (χ2n) is 2.47. The summed E-state index contributed by atoms with van der Waals surface area (Å²) >= 11 is 3.20. The van der Waals surface area contributed by atoms with Crippen molar-refractivity contribution < 1.29 is 4.79 Å². The van der Waals surface area contributed by atoms with Crippen molar-refractivity contribution >= 4 is 21.8 Å². The Bertz CT molecular complexity index is 159. The fraction of sp³-hybridized carbons (Fsp3) is 0.571. The number of hydrogen-bond acceptors (Lipinski definition) is 2. The summed E-state index contributed by atoms with van der Waals surface area (Å²) in [6, 6.07) is 0.113. The third-order valence-corrected chi connectivity index (χ3v) is 1.43. The van der Waals surface area contributed by atoms with Crippen LogP contribution >= 0.6 is 15.9 Å². The van der Waals surface area contributed by atoms with Crippen LogP contribution in [0.5, 0.6) is 0 Å². The van der Waals surface area contributed by atoms with Crippen LogP contribution in [-0.2, 0) is 4.79 Å². The Labute approximate surface area is 75.2 Å². The van der Waals surface area contributed by atoms with E-state index < -0.39 is 0 Å². The van der Waals surface area contributed by atoms with E-state index in [1.807, 2.05) is 6.92 Å². The summed E-state index contributed by atoms with van der Waals surface area (Å²) in [6.07, 6.45) is 0.361. The molecule has 0 aromatic carbocycles. The van der Waals surface area contributed by atoms with Gasteiger partial charge in [-0.3, -0.25) is 4.79 Å². The highest BCUT2D eigenvalue weighted by Crippen LogP contribution is 1.98. The minimum Gasteiger partial charge on any atom is -0.370 e. The van der Waals surface area contributed by atoms with E-state index in [2.05, 4.69) is 27.8 Å². The molecule has 0 aliphatic carbocycles. The van der Waals surface area contributed by atoms with Gasteiger partial charge in [-0.05, 0) is 6.92 Å². The number of halogens is 1. The highest BCUT2D eigenvalue weighted by Gasteiger charge is 2.03. The molecule has 0 aromatic rings. The van der Waals surface area contributed by atoms with Gasteiger partial charge in [0.1, 0.15) is 0 Å². The van der Waals surface area contributed by atoms with Crippen molar-refractivity contribution in [3.8, 4) is 0 Å². The first-order chi connectivity index (χ1) is 5.02. The quantitative estimate of drug-likeness (QED) is 0.719. The molecule has 0 aliphatic heterocycles. The van der Waals surface area contributed by atoms with Gasteiger partial charge in [0, 0.05) is 23.5 Å². The second kappa shape index (κ2) is 5.32. The molecule has 1 unspecified atom stereocenters. The molecule has 0 aromatic heterocycles. The molecule has 0 saturated carbocycles. The Morgan fingerprint density at radius 1 is 1.82 bits per heavy atom. The molecule has 0 aliphatic rings. The number of rotatable bonds is 5. The van der Waals surface area contributed by atoms with Crippen molar-refractivity contribution in [2.45, 2.75) is 19.4 Å². The standard InChI is InChI=1S/C7H13BrN2O/c1-5(8)4-10-6(2)3-7(9)11/h6,10H,1,3-4H2,2H3,(H2,9,11). The first kappa shape index (κ1) is 10.7. The summed E-state index contributed by atoms with van der Waals surface area (Å²) in [5, 5.41) is 3.07. The monoisotopic (exact) mass is 220 g/mol. The Balaban J connectivity index is 3.44. The van der Waals surface area contributed by atoms with Crippen molar-refractivity contribution in [2.75, 3.05) is 6.54 Å². The summed E-state index contributed by atoms with van der Waals surface area (Å²) in [7, 11) is 0. The first-order valence-corrected chi connectivity index (χ1v) is 4.16. The fourth-order valence-corrected chi connectivity index (χ4v) is 0.821. The molecule has 4 heteroatoms. The van der Waals surface area contributed by atoms with Crippen LogP contribution in [0.4, 0.5) is 0 Å². The van der Waals surface area contributed by atoms with Crippen molar-refractivity contribution in [2.24, 2.45) is 5.73 Å². The van der Waals surface area contributed by atoms with Crippen LogP contribution in [0, 0.1) is 0 Å². The van der Waals surface area contributed by atoms with Gasteiger partial charge in [0.05, 0.1) is 0 Å². The van der Waals surface area contributed by atoms with Crippen LogP contribution in [0.2, 0.25) is 0 Å². The molecule has 0 spiro atoms. The minimum atomic E-state index is -0.287. The van der Waals surface area contributed by atoms with E-state index in [-0.39, 0.29) is 11.9 Å². The van der Waals surface area contributed by atoms with E-state index in [1.165, 1.54) is 0 Å². The van der Waals surface area contributed by atoms with Gasteiger partial charge in [-0.1, -0.05) is 22.5 Å². The highest BCUT2D eigenvalue weighted by molar-refractivity contribution is 9.11. The minimum absolute atomic E-state index is 0.113. The zero-order chi connectivity index (χ0) is 8.85. The molecule has 1 amide bonds. The summed E-state index contributed by atoms with van der Waals surface area (Å²) in [5.74, 6) is -0.287. The Morgan fingerprint density at radius 3 is 2.73 bits per heavy atom. The zero-order valence-electron chi connectivity index (χ0n) is 6.56. The largest absolute Gasteiger partial charge is 0.370 e. The number of carbonyl (C=O) groups excluding carboxylic acids is 1. The molecule has 0 rings (SSSR count). The van der Waals surface area contributed by atoms with E-state index in [0.717, 1.165) is 4.48 Å². The molecule has 64 valence electrons. The van der Waals surface area contributed by atoms with E-state index in [4.69, 9.17) is 5.73 Å². The van der Waals surface area contributed by atoms with Gasteiger partial charge in [-0.2, -0.15) is 0 Å². The van der Waals surface area contributed by atoms with Crippen molar-refractivity contribution in [3.05, 3.63) is 11.1 Å². The van der Waals surface area contributed by atoms with Crippen LogP contribution in [0.3, 0.4) is 0 Å². The SMILES string of the molecule is C=C(Br)CNC(C)CC(N)=O. The molecule has 3 nitrogen and oxygen atoms in total. The molecule has 0 heterocycles. The van der Waals surface area contributed by atoms with Crippen LogP contribution in [0.1, 0.15) is 13.3 Å². The fourth-order valence-electron chi connectivity index (χ4n) is 0.659. The molecule has 11 heavy (non-hydrogen) atoms. The second-order valence-corrected chi connectivity index (χ2v) is 3.59. The number of nitrogens with two attached hydrogens (primary N) is 1. The Kier molecular flexibility index (Phi) is 5.15. The molecular weight excluding hydrogens is 208 g/mol. The molecule has 0 radical (unpaired) electrons. The number of carbonyl (C=O) groups is 1. The van der Waals surface area contributed by atoms with Crippen LogP contribution in [-0.4, -0.2) is 18.5 Å². The summed E-state index contributed by atoms with van der Waals surface area (Å²) in [5.41, 5.74) is 4.99. The Hall–Kier alpha value is -0.350. The molecule has 3 N–H and O–H groups in total. The first-order valence-electron chi connectivity index (χ1n) is 3.37. The van der Waals surface area contributed by atoms with E-state index >= 15 is 0 Å². The number of nitrogens with one attached hydrogen (secondary N) is 1. The lowest BCUT2D eigenvalue weighted by Crippen LogP contribution is -2.31. The predicted molar refractivity (Wildman–Crippen MR) is 49.3 cm³/mol. The van der Waals surface area contributed by atoms with Gasteiger partial charge >= 0.3 is 0 Å². The van der Waals surface area contributed by atoms with Gasteiger partial charge in [-0.25, -0.2) is 0 Å². The van der Waals surface area contributed by atoms with Gasteiger partial charge in [0.25, 0.3) is 0 Å². The maximum atomic E-state index is 10.4. The summed E-state index contributed by atoms with van der Waals surface area (Å²) < 4.78 is 0.869. The van der Waals surface area contributed by atoms with Crippen molar-refractivity contribution in [1.82, 2.24) is 5.32 Å². The van der Waals surface area contributed by atoms with Crippen LogP contribution < -0.4 is 11.1 Å². The summed E-state index contributed by atoms with van der Waals surface area (Å²) in [4.78, 5) is 10.4. The predicted octanol–water partition coefficient (Wildman–Crippen LogP) is 0.748. The van der Waals surface area contributed by atoms with Gasteiger partial charge in [-0.15, -0.1) is 0 Å². The van der Waals surface area contributed by atoms with Gasteiger partial charge in [0.2, 0.25) is 5.91 Å².